The highest BCUT2D eigenvalue weighted by molar-refractivity contribution is 6.13. The molecule has 12 heteroatoms. The first kappa shape index (κ1) is 23.3. The molecule has 0 saturated carbocycles. The van der Waals surface area contributed by atoms with Gasteiger partial charge in [-0.25, -0.2) is 9.59 Å². The summed E-state index contributed by atoms with van der Waals surface area (Å²) in [5.41, 5.74) is -0.181. The predicted molar refractivity (Wildman–Crippen MR) is 113 cm³/mol. The zero-order chi connectivity index (χ0) is 24.1. The molecule has 1 fully saturated rings. The lowest BCUT2D eigenvalue weighted by atomic mass is 10.1. The molecule has 1 N–H and O–H groups in total. The zero-order valence-corrected chi connectivity index (χ0v) is 18.1. The van der Waals surface area contributed by atoms with Gasteiger partial charge in [0.25, 0.3) is 5.91 Å². The highest BCUT2D eigenvalue weighted by Crippen LogP contribution is 2.39. The van der Waals surface area contributed by atoms with Crippen LogP contribution in [0.4, 0.5) is 10.5 Å². The molecule has 3 rings (SSSR count). The Bertz CT molecular complexity index is 1140. The van der Waals surface area contributed by atoms with Crippen LogP contribution in [0.2, 0.25) is 0 Å². The van der Waals surface area contributed by atoms with Crippen molar-refractivity contribution in [1.82, 2.24) is 10.2 Å². The van der Waals surface area contributed by atoms with Crippen molar-refractivity contribution < 1.29 is 37.9 Å². The number of amides is 3. The Morgan fingerprint density at radius 2 is 1.94 bits per heavy atom. The third kappa shape index (κ3) is 4.95. The van der Waals surface area contributed by atoms with E-state index in [1.165, 1.54) is 37.5 Å². The number of ether oxygens (including phenoxy) is 3. The number of furan rings is 1. The number of carbonyl (C=O) groups excluding carboxylic acids is 3. The van der Waals surface area contributed by atoms with Gasteiger partial charge < -0.3 is 23.9 Å². The van der Waals surface area contributed by atoms with E-state index in [4.69, 9.17) is 13.9 Å². The van der Waals surface area contributed by atoms with E-state index in [-0.39, 0.29) is 59.7 Å². The number of nitro benzene ring substituents is 1. The van der Waals surface area contributed by atoms with Gasteiger partial charge in [0.05, 0.1) is 31.8 Å². The van der Waals surface area contributed by atoms with Crippen LogP contribution in [-0.2, 0) is 16.1 Å². The predicted octanol–water partition coefficient (Wildman–Crippen LogP) is 2.86. The molecule has 1 aliphatic heterocycles. The van der Waals surface area contributed by atoms with E-state index < -0.39 is 22.8 Å². The third-order valence-electron chi connectivity index (χ3n) is 4.48. The first-order chi connectivity index (χ1) is 15.8. The second-order valence-corrected chi connectivity index (χ2v) is 6.63. The zero-order valence-electron chi connectivity index (χ0n) is 18.1. The van der Waals surface area contributed by atoms with Crippen molar-refractivity contribution in [3.8, 4) is 11.5 Å². The molecule has 0 spiro atoms. The van der Waals surface area contributed by atoms with Crippen LogP contribution in [0, 0.1) is 10.1 Å². The smallest absolute Gasteiger partial charge is 0.373 e. The SMILES string of the molecule is CCOc1cc(/C=C2\NC(=O)N(Cc3ccc(C(=O)OC)o3)C2=O)cc([N+](=O)[O-])c1OCC. The number of carbonyl (C=O) groups is 3. The summed E-state index contributed by atoms with van der Waals surface area (Å²) in [7, 11) is 1.20. The Labute approximate surface area is 187 Å². The molecule has 1 aliphatic rings. The molecular weight excluding hydrogens is 438 g/mol. The summed E-state index contributed by atoms with van der Waals surface area (Å²) in [6.45, 7) is 3.59. The molecule has 2 aromatic rings. The van der Waals surface area contributed by atoms with Gasteiger partial charge in [-0.3, -0.25) is 19.8 Å². The van der Waals surface area contributed by atoms with Crippen LogP contribution in [-0.4, -0.2) is 48.1 Å². The molecule has 33 heavy (non-hydrogen) atoms. The summed E-state index contributed by atoms with van der Waals surface area (Å²) in [5, 5.41) is 14.0. The van der Waals surface area contributed by atoms with Crippen molar-refractivity contribution in [3.05, 3.63) is 57.2 Å². The van der Waals surface area contributed by atoms with Gasteiger partial charge in [-0.15, -0.1) is 0 Å². The number of nitrogens with one attached hydrogen (secondary N) is 1. The van der Waals surface area contributed by atoms with Gasteiger partial charge in [0, 0.05) is 6.07 Å². The van der Waals surface area contributed by atoms with Crippen molar-refractivity contribution >= 4 is 29.7 Å². The molecule has 1 saturated heterocycles. The lowest BCUT2D eigenvalue weighted by Crippen LogP contribution is -2.30. The fourth-order valence-corrected chi connectivity index (χ4v) is 3.09. The molecule has 2 heterocycles. The molecule has 174 valence electrons. The third-order valence-corrected chi connectivity index (χ3v) is 4.48. The normalized spacial score (nSPS) is 14.4. The Kier molecular flexibility index (Phi) is 6.96. The van der Waals surface area contributed by atoms with Gasteiger partial charge in [-0.2, -0.15) is 0 Å². The average molecular weight is 459 g/mol. The number of nitrogens with zero attached hydrogens (tertiary/aromatic N) is 2. The second-order valence-electron chi connectivity index (χ2n) is 6.63. The molecule has 0 radical (unpaired) electrons. The van der Waals surface area contributed by atoms with E-state index in [1.54, 1.807) is 13.8 Å². The van der Waals surface area contributed by atoms with E-state index >= 15 is 0 Å². The molecule has 0 atom stereocenters. The summed E-state index contributed by atoms with van der Waals surface area (Å²) in [6, 6.07) is 4.79. The van der Waals surface area contributed by atoms with Crippen LogP contribution in [0.1, 0.15) is 35.7 Å². The van der Waals surface area contributed by atoms with Crippen molar-refractivity contribution in [2.24, 2.45) is 0 Å². The van der Waals surface area contributed by atoms with Crippen LogP contribution in [0.15, 0.2) is 34.4 Å². The number of imide groups is 1. The van der Waals surface area contributed by atoms with E-state index in [2.05, 4.69) is 10.1 Å². The summed E-state index contributed by atoms with van der Waals surface area (Å²) < 4.78 is 20.7. The molecular formula is C21H21N3O9. The number of esters is 1. The van der Waals surface area contributed by atoms with Gasteiger partial charge in [0.2, 0.25) is 11.5 Å². The number of methoxy groups -OCH3 is 1. The lowest BCUT2D eigenvalue weighted by Gasteiger charge is -2.12. The molecule has 1 aromatic heterocycles. The van der Waals surface area contributed by atoms with Crippen LogP contribution in [0.5, 0.6) is 11.5 Å². The Hall–Kier alpha value is -4.35. The van der Waals surface area contributed by atoms with E-state index in [9.17, 15) is 24.5 Å². The number of rotatable bonds is 9. The topological polar surface area (TPSA) is 150 Å². The first-order valence-corrected chi connectivity index (χ1v) is 9.88. The first-order valence-electron chi connectivity index (χ1n) is 9.88. The summed E-state index contributed by atoms with van der Waals surface area (Å²) in [5.74, 6) is -1.13. The maximum atomic E-state index is 12.8. The Balaban J connectivity index is 1.90. The van der Waals surface area contributed by atoms with Crippen molar-refractivity contribution in [3.63, 3.8) is 0 Å². The lowest BCUT2D eigenvalue weighted by molar-refractivity contribution is -0.386. The van der Waals surface area contributed by atoms with E-state index in [0.29, 0.717) is 0 Å². The number of urea groups is 1. The highest BCUT2D eigenvalue weighted by atomic mass is 16.6. The number of nitro groups is 1. The largest absolute Gasteiger partial charge is 0.490 e. The monoisotopic (exact) mass is 459 g/mol. The van der Waals surface area contributed by atoms with Crippen molar-refractivity contribution in [1.29, 1.82) is 0 Å². The summed E-state index contributed by atoms with van der Waals surface area (Å²) in [4.78, 5) is 48.4. The molecule has 0 aliphatic carbocycles. The molecule has 12 nitrogen and oxygen atoms in total. The molecule has 3 amide bonds. The quantitative estimate of drug-likeness (QED) is 0.196. The van der Waals surface area contributed by atoms with Crippen molar-refractivity contribution in [2.45, 2.75) is 20.4 Å². The maximum absolute atomic E-state index is 12.8. The maximum Gasteiger partial charge on any atom is 0.373 e. The Morgan fingerprint density at radius 1 is 1.21 bits per heavy atom. The van der Waals surface area contributed by atoms with Gasteiger partial charge in [0.15, 0.2) is 5.75 Å². The van der Waals surface area contributed by atoms with Crippen LogP contribution < -0.4 is 14.8 Å². The minimum absolute atomic E-state index is 0.0193. The van der Waals surface area contributed by atoms with E-state index in [0.717, 1.165) is 4.90 Å². The van der Waals surface area contributed by atoms with Gasteiger partial charge in [-0.05, 0) is 43.7 Å². The summed E-state index contributed by atoms with van der Waals surface area (Å²) >= 11 is 0. The van der Waals surface area contributed by atoms with E-state index in [1.807, 2.05) is 0 Å². The van der Waals surface area contributed by atoms with Crippen molar-refractivity contribution in [2.75, 3.05) is 20.3 Å². The van der Waals surface area contributed by atoms with Gasteiger partial charge in [-0.1, -0.05) is 0 Å². The van der Waals surface area contributed by atoms with Crippen LogP contribution in [0.25, 0.3) is 6.08 Å². The molecule has 0 bridgehead atoms. The van der Waals surface area contributed by atoms with Crippen LogP contribution >= 0.6 is 0 Å². The Morgan fingerprint density at radius 3 is 2.58 bits per heavy atom. The standard InChI is InChI=1S/C21H21N3O9/c1-4-31-17-10-12(9-15(24(28)29)18(17)32-5-2)8-14-19(25)23(21(27)22-14)11-13-6-7-16(33-13)20(26)30-3/h6-10H,4-5,11H2,1-3H3,(H,22,27)/b14-8-. The fraction of sp³-hybridized carbons (Fsp3) is 0.286. The second kappa shape index (κ2) is 9.85. The highest BCUT2D eigenvalue weighted by Gasteiger charge is 2.35. The molecule has 0 unspecified atom stereocenters. The average Bonchev–Trinajstić information content (AvgIpc) is 3.35. The fourth-order valence-electron chi connectivity index (χ4n) is 3.09. The van der Waals surface area contributed by atoms with Crippen LogP contribution in [0.3, 0.4) is 0 Å². The minimum Gasteiger partial charge on any atom is -0.490 e. The summed E-state index contributed by atoms with van der Waals surface area (Å²) in [6.07, 6.45) is 1.30. The molecule has 1 aromatic carbocycles. The number of hydrogen-bond acceptors (Lipinski definition) is 9. The minimum atomic E-state index is -0.715. The van der Waals surface area contributed by atoms with Gasteiger partial charge >= 0.3 is 17.7 Å². The number of hydrogen-bond donors (Lipinski definition) is 1. The number of benzene rings is 1. The van der Waals surface area contributed by atoms with Gasteiger partial charge in [0.1, 0.15) is 11.5 Å².